The van der Waals surface area contributed by atoms with E-state index in [1.807, 2.05) is 28.6 Å². The molecule has 1 atom stereocenters. The van der Waals surface area contributed by atoms with Crippen molar-refractivity contribution in [1.82, 2.24) is 29.5 Å². The predicted octanol–water partition coefficient (Wildman–Crippen LogP) is 3.75. The molecule has 3 aliphatic rings. The minimum absolute atomic E-state index is 0. The molecule has 3 aliphatic heterocycles. The van der Waals surface area contributed by atoms with Crippen LogP contribution in [0.25, 0.3) is 21.8 Å². The monoisotopic (exact) mass is 601 g/mol. The van der Waals surface area contributed by atoms with Gasteiger partial charge >= 0.3 is 0 Å². The van der Waals surface area contributed by atoms with Crippen LogP contribution in [0, 0.1) is 6.92 Å². The van der Waals surface area contributed by atoms with Gasteiger partial charge in [-0.15, -0.1) is 0 Å². The Hall–Kier alpha value is -3.80. The number of rotatable bonds is 5. The lowest BCUT2D eigenvalue weighted by Crippen LogP contribution is -2.53. The third kappa shape index (κ3) is 5.71. The highest BCUT2D eigenvalue weighted by molar-refractivity contribution is 6.07. The number of hydrogen-bond donors (Lipinski definition) is 1. The maximum atomic E-state index is 14.0. The van der Waals surface area contributed by atoms with Crippen molar-refractivity contribution in [3.8, 4) is 0 Å². The van der Waals surface area contributed by atoms with E-state index in [9.17, 15) is 9.59 Å². The maximum absolute atomic E-state index is 14.0. The summed E-state index contributed by atoms with van der Waals surface area (Å²) in [6.45, 7) is 11.5. The molecule has 44 heavy (non-hydrogen) atoms. The van der Waals surface area contributed by atoms with Crippen LogP contribution in [-0.4, -0.2) is 101 Å². The number of pyridine rings is 2. The summed E-state index contributed by atoms with van der Waals surface area (Å²) in [5.74, 6) is 1.03. The number of aryl methyl sites for hydroxylation is 1. The summed E-state index contributed by atoms with van der Waals surface area (Å²) < 4.78 is 13.0. The second-order valence-electron chi connectivity index (χ2n) is 12.0. The SMILES string of the molecule is C.Cc1cc2[nH]c(=O)c3cnn(C4CCOCC4)c3c2cc1C(=O)N1CCN(Cc2cccc(N3CCOCC3)n2)[C@@H](C)C1. The Morgan fingerprint density at radius 2 is 1.80 bits per heavy atom. The molecule has 3 aromatic heterocycles. The second-order valence-corrected chi connectivity index (χ2v) is 12.0. The molecule has 11 heteroatoms. The van der Waals surface area contributed by atoms with E-state index in [4.69, 9.17) is 14.5 Å². The Kier molecular flexibility index (Phi) is 8.70. The zero-order valence-corrected chi connectivity index (χ0v) is 24.9. The van der Waals surface area contributed by atoms with Crippen molar-refractivity contribution in [2.24, 2.45) is 0 Å². The van der Waals surface area contributed by atoms with E-state index in [1.165, 1.54) is 0 Å². The molecule has 1 aromatic carbocycles. The molecule has 234 valence electrons. The highest BCUT2D eigenvalue weighted by Gasteiger charge is 2.29. The first kappa shape index (κ1) is 30.2. The average Bonchev–Trinajstić information content (AvgIpc) is 3.49. The number of anilines is 1. The van der Waals surface area contributed by atoms with E-state index in [-0.39, 0.29) is 31.0 Å². The van der Waals surface area contributed by atoms with Crippen molar-refractivity contribution < 1.29 is 14.3 Å². The number of aromatic nitrogens is 4. The lowest BCUT2D eigenvalue weighted by molar-refractivity contribution is 0.0491. The van der Waals surface area contributed by atoms with Gasteiger partial charge in [0.15, 0.2) is 0 Å². The third-order valence-corrected chi connectivity index (χ3v) is 9.22. The quantitative estimate of drug-likeness (QED) is 0.369. The standard InChI is InChI=1S/C32H39N7O4.CH4/c1-21-16-28-26(30-27(31(40)35-28)18-33-39(30)24-6-12-42-13-7-24)17-25(21)32(41)38-9-8-37(22(2)19-38)20-23-4-3-5-29(34-23)36-10-14-43-15-11-36;/h3-5,16-18,22,24H,6-15,19-20H2,1-2H3,(H,35,40);1H4/t22-;/m0./s1. The van der Waals surface area contributed by atoms with Crippen molar-refractivity contribution in [1.29, 1.82) is 0 Å². The number of piperazine rings is 1. The first-order valence-electron chi connectivity index (χ1n) is 15.4. The number of hydrogen-bond acceptors (Lipinski definition) is 8. The van der Waals surface area contributed by atoms with Crippen molar-refractivity contribution in [3.05, 3.63) is 63.7 Å². The fourth-order valence-corrected chi connectivity index (χ4v) is 6.75. The third-order valence-electron chi connectivity index (χ3n) is 9.22. The number of carbonyl (C=O) groups excluding carboxylic acids is 1. The summed E-state index contributed by atoms with van der Waals surface area (Å²) in [4.78, 5) is 41.5. The number of nitrogens with one attached hydrogen (secondary N) is 1. The van der Waals surface area contributed by atoms with Gasteiger partial charge in [0.05, 0.1) is 47.6 Å². The molecule has 6 heterocycles. The molecule has 4 aromatic rings. The van der Waals surface area contributed by atoms with Gasteiger partial charge in [-0.05, 0) is 56.5 Å². The summed E-state index contributed by atoms with van der Waals surface area (Å²) in [6, 6.07) is 10.5. The molecule has 0 aliphatic carbocycles. The molecule has 3 fully saturated rings. The first-order chi connectivity index (χ1) is 21.0. The second kappa shape index (κ2) is 12.7. The molecule has 3 saturated heterocycles. The summed E-state index contributed by atoms with van der Waals surface area (Å²) in [6.07, 6.45) is 3.34. The van der Waals surface area contributed by atoms with Crippen LogP contribution in [0.1, 0.15) is 54.8 Å². The number of fused-ring (bicyclic) bond motifs is 3. The number of carbonyl (C=O) groups is 1. The molecular weight excluding hydrogens is 558 g/mol. The van der Waals surface area contributed by atoms with Gasteiger partial charge in [0.25, 0.3) is 11.5 Å². The van der Waals surface area contributed by atoms with Gasteiger partial charge in [0.1, 0.15) is 5.82 Å². The molecule has 0 radical (unpaired) electrons. The van der Waals surface area contributed by atoms with Crippen molar-refractivity contribution in [2.45, 2.75) is 52.7 Å². The number of ether oxygens (including phenoxy) is 2. The summed E-state index contributed by atoms with van der Waals surface area (Å²) in [7, 11) is 0. The Bertz CT molecular complexity index is 1700. The Labute approximate surface area is 257 Å². The predicted molar refractivity (Wildman–Crippen MR) is 171 cm³/mol. The minimum atomic E-state index is -0.158. The van der Waals surface area contributed by atoms with E-state index < -0.39 is 0 Å². The van der Waals surface area contributed by atoms with Crippen LogP contribution in [0.4, 0.5) is 5.82 Å². The minimum Gasteiger partial charge on any atom is -0.381 e. The number of nitrogens with zero attached hydrogens (tertiary/aromatic N) is 6. The van der Waals surface area contributed by atoms with Gasteiger partial charge in [-0.25, -0.2) is 4.98 Å². The van der Waals surface area contributed by atoms with E-state index in [1.54, 1.807) is 6.20 Å². The molecule has 11 nitrogen and oxygen atoms in total. The van der Waals surface area contributed by atoms with E-state index >= 15 is 0 Å². The van der Waals surface area contributed by atoms with Crippen LogP contribution in [0.15, 0.2) is 41.3 Å². The number of benzene rings is 1. The first-order valence-corrected chi connectivity index (χ1v) is 15.4. The Morgan fingerprint density at radius 1 is 1.02 bits per heavy atom. The van der Waals surface area contributed by atoms with Crippen LogP contribution >= 0.6 is 0 Å². The summed E-state index contributed by atoms with van der Waals surface area (Å²) >= 11 is 0. The Balaban J connectivity index is 0.00000343. The molecule has 0 unspecified atom stereocenters. The van der Waals surface area contributed by atoms with Crippen molar-refractivity contribution in [3.63, 3.8) is 0 Å². The zero-order valence-electron chi connectivity index (χ0n) is 24.9. The molecule has 0 bridgehead atoms. The average molecular weight is 602 g/mol. The molecule has 1 N–H and O–H groups in total. The van der Waals surface area contributed by atoms with E-state index in [2.05, 4.69) is 45.0 Å². The van der Waals surface area contributed by atoms with Gasteiger partial charge in [0.2, 0.25) is 0 Å². The van der Waals surface area contributed by atoms with Gasteiger partial charge in [-0.1, -0.05) is 13.5 Å². The molecular formula is C33H43N7O4. The van der Waals surface area contributed by atoms with E-state index in [0.717, 1.165) is 85.7 Å². The lowest BCUT2D eigenvalue weighted by atomic mass is 10.0. The van der Waals surface area contributed by atoms with Crippen LogP contribution in [-0.2, 0) is 16.0 Å². The number of amides is 1. The fraction of sp³-hybridized carbons (Fsp3) is 0.515. The van der Waals surface area contributed by atoms with Gasteiger partial charge in [0, 0.05) is 69.5 Å². The van der Waals surface area contributed by atoms with Crippen molar-refractivity contribution >= 4 is 33.5 Å². The number of aromatic amines is 1. The normalized spacial score (nSPS) is 20.3. The smallest absolute Gasteiger partial charge is 0.259 e. The number of morpholine rings is 1. The topological polar surface area (TPSA) is 109 Å². The van der Waals surface area contributed by atoms with E-state index in [0.29, 0.717) is 37.3 Å². The molecule has 7 rings (SSSR count). The molecule has 1 amide bonds. The Morgan fingerprint density at radius 3 is 2.57 bits per heavy atom. The van der Waals surface area contributed by atoms with Gasteiger partial charge < -0.3 is 24.3 Å². The molecule has 0 saturated carbocycles. The maximum Gasteiger partial charge on any atom is 0.259 e. The van der Waals surface area contributed by atoms with Crippen molar-refractivity contribution in [2.75, 3.05) is 64.1 Å². The summed E-state index contributed by atoms with van der Waals surface area (Å²) in [5.41, 5.74) is 3.93. The largest absolute Gasteiger partial charge is 0.381 e. The fourth-order valence-electron chi connectivity index (χ4n) is 6.75. The lowest BCUT2D eigenvalue weighted by Gasteiger charge is -2.40. The van der Waals surface area contributed by atoms with Crippen LogP contribution in [0.5, 0.6) is 0 Å². The molecule has 0 spiro atoms. The zero-order chi connectivity index (χ0) is 29.5. The highest BCUT2D eigenvalue weighted by atomic mass is 16.5. The van der Waals surface area contributed by atoms with Crippen LogP contribution < -0.4 is 10.5 Å². The number of H-pyrrole nitrogens is 1. The van der Waals surface area contributed by atoms with Crippen LogP contribution in [0.2, 0.25) is 0 Å². The van der Waals surface area contributed by atoms with Crippen LogP contribution in [0.3, 0.4) is 0 Å². The van der Waals surface area contributed by atoms with Gasteiger partial charge in [-0.2, -0.15) is 5.10 Å². The highest BCUT2D eigenvalue weighted by Crippen LogP contribution is 2.30. The van der Waals surface area contributed by atoms with Gasteiger partial charge in [-0.3, -0.25) is 19.2 Å². The summed E-state index contributed by atoms with van der Waals surface area (Å²) in [5, 5.41) is 6.03.